The molecule has 0 fully saturated rings. The maximum absolute atomic E-state index is 12.5. The van der Waals surface area contributed by atoms with Crippen molar-refractivity contribution in [3.8, 4) is 11.3 Å². The van der Waals surface area contributed by atoms with Crippen LogP contribution in [0.4, 0.5) is 0 Å². The molecule has 1 heterocycles. The highest BCUT2D eigenvalue weighted by Gasteiger charge is 2.21. The van der Waals surface area contributed by atoms with E-state index < -0.39 is 17.9 Å². The predicted octanol–water partition coefficient (Wildman–Crippen LogP) is 3.69. The molecule has 0 aliphatic rings. The van der Waals surface area contributed by atoms with Crippen LogP contribution in [0.15, 0.2) is 36.4 Å². The van der Waals surface area contributed by atoms with Crippen molar-refractivity contribution < 1.29 is 9.59 Å². The smallest absolute Gasteiger partial charge is 0.270 e. The Kier molecular flexibility index (Phi) is 6.39. The van der Waals surface area contributed by atoms with Crippen LogP contribution in [0.25, 0.3) is 11.3 Å². The number of primary amides is 1. The van der Waals surface area contributed by atoms with E-state index in [1.165, 1.54) is 6.07 Å². The Morgan fingerprint density at radius 3 is 2.52 bits per heavy atom. The van der Waals surface area contributed by atoms with Gasteiger partial charge in [-0.15, -0.1) is 0 Å². The van der Waals surface area contributed by atoms with Crippen molar-refractivity contribution in [2.24, 2.45) is 11.7 Å². The van der Waals surface area contributed by atoms with Crippen molar-refractivity contribution in [2.75, 3.05) is 0 Å². The summed E-state index contributed by atoms with van der Waals surface area (Å²) in [6, 6.07) is 9.35. The first-order valence-electron chi connectivity index (χ1n) is 7.80. The summed E-state index contributed by atoms with van der Waals surface area (Å²) in [5.74, 6) is -0.853. The van der Waals surface area contributed by atoms with Crippen LogP contribution >= 0.6 is 23.2 Å². The van der Waals surface area contributed by atoms with Gasteiger partial charge < -0.3 is 11.1 Å². The van der Waals surface area contributed by atoms with Crippen molar-refractivity contribution in [3.63, 3.8) is 0 Å². The van der Waals surface area contributed by atoms with Gasteiger partial charge in [-0.1, -0.05) is 49.2 Å². The lowest BCUT2D eigenvalue weighted by Gasteiger charge is -2.17. The number of nitrogens with one attached hydrogen (secondary N) is 1. The first-order chi connectivity index (χ1) is 11.8. The number of carbonyl (C=O) groups is 2. The summed E-state index contributed by atoms with van der Waals surface area (Å²) in [5.41, 5.74) is 6.65. The Morgan fingerprint density at radius 1 is 1.20 bits per heavy atom. The van der Waals surface area contributed by atoms with Gasteiger partial charge in [0.2, 0.25) is 5.91 Å². The molecule has 0 aliphatic heterocycles. The van der Waals surface area contributed by atoms with E-state index >= 15 is 0 Å². The highest BCUT2D eigenvalue weighted by atomic mass is 35.5. The Morgan fingerprint density at radius 2 is 1.92 bits per heavy atom. The number of nitrogens with zero attached hydrogens (tertiary/aromatic N) is 1. The molecule has 2 rings (SSSR count). The van der Waals surface area contributed by atoms with Gasteiger partial charge in [-0.3, -0.25) is 9.59 Å². The van der Waals surface area contributed by atoms with E-state index in [2.05, 4.69) is 10.3 Å². The Bertz CT molecular complexity index is 794. The quantitative estimate of drug-likeness (QED) is 0.802. The molecule has 25 heavy (non-hydrogen) atoms. The molecule has 2 amide bonds. The van der Waals surface area contributed by atoms with Crippen LogP contribution in [0.3, 0.4) is 0 Å². The molecule has 7 heteroatoms. The highest BCUT2D eigenvalue weighted by Crippen LogP contribution is 2.28. The SMILES string of the molecule is CC(C)C[C@H](NC(=O)c1ccc(Cl)c(-c2cccc(Cl)c2)n1)C(N)=O. The minimum absolute atomic E-state index is 0.148. The number of nitrogens with two attached hydrogens (primary N) is 1. The number of hydrogen-bond acceptors (Lipinski definition) is 3. The van der Waals surface area contributed by atoms with Gasteiger partial charge >= 0.3 is 0 Å². The maximum atomic E-state index is 12.5. The number of amides is 2. The summed E-state index contributed by atoms with van der Waals surface area (Å²) >= 11 is 12.2. The average molecular weight is 380 g/mol. The van der Waals surface area contributed by atoms with Gasteiger partial charge in [0.05, 0.1) is 10.7 Å². The van der Waals surface area contributed by atoms with Gasteiger partial charge in [0, 0.05) is 10.6 Å². The molecular formula is C18H19Cl2N3O2. The second kappa shape index (κ2) is 8.32. The van der Waals surface area contributed by atoms with E-state index in [0.29, 0.717) is 27.7 Å². The molecule has 0 saturated carbocycles. The zero-order chi connectivity index (χ0) is 18.6. The molecule has 132 valence electrons. The van der Waals surface area contributed by atoms with Gasteiger partial charge in [0.15, 0.2) is 0 Å². The molecule has 5 nitrogen and oxygen atoms in total. The molecule has 0 spiro atoms. The molecule has 3 N–H and O–H groups in total. The number of rotatable bonds is 6. The maximum Gasteiger partial charge on any atom is 0.270 e. The largest absolute Gasteiger partial charge is 0.368 e. The van der Waals surface area contributed by atoms with Crippen molar-refractivity contribution in [3.05, 3.63) is 52.1 Å². The third-order valence-electron chi connectivity index (χ3n) is 3.53. The number of aromatic nitrogens is 1. The van der Waals surface area contributed by atoms with Crippen LogP contribution in [0.5, 0.6) is 0 Å². The molecule has 1 aromatic carbocycles. The van der Waals surface area contributed by atoms with Gasteiger partial charge in [-0.2, -0.15) is 0 Å². The van der Waals surface area contributed by atoms with Crippen molar-refractivity contribution in [2.45, 2.75) is 26.3 Å². The van der Waals surface area contributed by atoms with E-state index in [1.807, 2.05) is 13.8 Å². The summed E-state index contributed by atoms with van der Waals surface area (Å²) in [7, 11) is 0. The van der Waals surface area contributed by atoms with Crippen LogP contribution in [0.1, 0.15) is 30.8 Å². The average Bonchev–Trinajstić information content (AvgIpc) is 2.54. The third-order valence-corrected chi connectivity index (χ3v) is 4.07. The van der Waals surface area contributed by atoms with Crippen LogP contribution in [-0.4, -0.2) is 22.8 Å². The van der Waals surface area contributed by atoms with Crippen molar-refractivity contribution in [1.29, 1.82) is 0 Å². The second-order valence-corrected chi connectivity index (χ2v) is 6.94. The zero-order valence-electron chi connectivity index (χ0n) is 13.9. The molecule has 0 aliphatic carbocycles. The molecule has 1 atom stereocenters. The fourth-order valence-corrected chi connectivity index (χ4v) is 2.76. The minimum Gasteiger partial charge on any atom is -0.368 e. The molecular weight excluding hydrogens is 361 g/mol. The van der Waals surface area contributed by atoms with E-state index in [-0.39, 0.29) is 11.6 Å². The summed E-state index contributed by atoms with van der Waals surface area (Å²) in [6.45, 7) is 3.89. The Balaban J connectivity index is 2.29. The third kappa shape index (κ3) is 5.18. The molecule has 0 unspecified atom stereocenters. The van der Waals surface area contributed by atoms with Crippen molar-refractivity contribution >= 4 is 35.0 Å². The summed E-state index contributed by atoms with van der Waals surface area (Å²) in [4.78, 5) is 28.3. The lowest BCUT2D eigenvalue weighted by atomic mass is 10.0. The molecule has 0 radical (unpaired) electrons. The normalized spacial score (nSPS) is 12.0. The highest BCUT2D eigenvalue weighted by molar-refractivity contribution is 6.33. The van der Waals surface area contributed by atoms with E-state index in [0.717, 1.165) is 0 Å². The number of benzene rings is 1. The fourth-order valence-electron chi connectivity index (χ4n) is 2.36. The van der Waals surface area contributed by atoms with Crippen LogP contribution in [0.2, 0.25) is 10.0 Å². The number of hydrogen-bond donors (Lipinski definition) is 2. The lowest BCUT2D eigenvalue weighted by molar-refractivity contribution is -0.120. The lowest BCUT2D eigenvalue weighted by Crippen LogP contribution is -2.45. The number of carbonyl (C=O) groups excluding carboxylic acids is 2. The van der Waals surface area contributed by atoms with Gasteiger partial charge in [0.1, 0.15) is 11.7 Å². The predicted molar refractivity (Wildman–Crippen MR) is 99.6 cm³/mol. The summed E-state index contributed by atoms with van der Waals surface area (Å²) in [6.07, 6.45) is 0.454. The molecule has 1 aromatic heterocycles. The molecule has 0 saturated heterocycles. The first-order valence-corrected chi connectivity index (χ1v) is 8.56. The monoisotopic (exact) mass is 379 g/mol. The second-order valence-electron chi connectivity index (χ2n) is 6.10. The summed E-state index contributed by atoms with van der Waals surface area (Å²) < 4.78 is 0. The summed E-state index contributed by atoms with van der Waals surface area (Å²) in [5, 5.41) is 3.56. The van der Waals surface area contributed by atoms with E-state index in [1.54, 1.807) is 30.3 Å². The van der Waals surface area contributed by atoms with E-state index in [9.17, 15) is 9.59 Å². The standard InChI is InChI=1S/C18H19Cl2N3O2/c1-10(2)8-15(17(21)24)23-18(25)14-7-6-13(20)16(22-14)11-4-3-5-12(19)9-11/h3-7,9-10,15H,8H2,1-2H3,(H2,21,24)(H,23,25)/t15-/m0/s1. The minimum atomic E-state index is -0.750. The van der Waals surface area contributed by atoms with Crippen molar-refractivity contribution in [1.82, 2.24) is 10.3 Å². The van der Waals surface area contributed by atoms with E-state index in [4.69, 9.17) is 28.9 Å². The Hall–Kier alpha value is -2.11. The van der Waals surface area contributed by atoms with Gasteiger partial charge in [-0.05, 0) is 36.6 Å². The van der Waals surface area contributed by atoms with Crippen LogP contribution < -0.4 is 11.1 Å². The molecule has 2 aromatic rings. The number of pyridine rings is 1. The van der Waals surface area contributed by atoms with Crippen LogP contribution in [0, 0.1) is 5.92 Å². The number of halogens is 2. The first kappa shape index (κ1) is 19.2. The zero-order valence-corrected chi connectivity index (χ0v) is 15.4. The molecule has 0 bridgehead atoms. The van der Waals surface area contributed by atoms with Gasteiger partial charge in [0.25, 0.3) is 5.91 Å². The fraction of sp³-hybridized carbons (Fsp3) is 0.278. The van der Waals surface area contributed by atoms with Gasteiger partial charge in [-0.25, -0.2) is 4.98 Å². The topological polar surface area (TPSA) is 85.1 Å². The van der Waals surface area contributed by atoms with Crippen LogP contribution in [-0.2, 0) is 4.79 Å². The Labute approximate surface area is 156 Å².